The molecule has 0 spiro atoms. The Morgan fingerprint density at radius 2 is 1.92 bits per heavy atom. The molecule has 8 nitrogen and oxygen atoms in total. The molecule has 130 valence electrons. The van der Waals surface area contributed by atoms with Crippen molar-refractivity contribution in [3.8, 4) is 5.88 Å². The van der Waals surface area contributed by atoms with Crippen molar-refractivity contribution in [2.45, 2.75) is 24.4 Å². The highest BCUT2D eigenvalue weighted by Gasteiger charge is 2.31. The predicted octanol–water partition coefficient (Wildman–Crippen LogP) is -0.702. The smallest absolute Gasteiger partial charge is 0.213 e. The molecule has 0 bridgehead atoms. The molecule has 0 saturated heterocycles. The zero-order valence-electron chi connectivity index (χ0n) is 13.0. The van der Waals surface area contributed by atoms with Crippen molar-refractivity contribution in [3.63, 3.8) is 0 Å². The van der Waals surface area contributed by atoms with Gasteiger partial charge < -0.3 is 35.3 Å². The van der Waals surface area contributed by atoms with E-state index in [9.17, 15) is 20.1 Å². The molecule has 0 aliphatic heterocycles. The van der Waals surface area contributed by atoms with Crippen LogP contribution in [-0.2, 0) is 4.79 Å². The topological polar surface area (TPSA) is 132 Å². The summed E-state index contributed by atoms with van der Waals surface area (Å²) in [7, 11) is 1.50. The number of aliphatic hydroxyl groups is 4. The van der Waals surface area contributed by atoms with E-state index in [1.807, 2.05) is 6.07 Å². The largest absolute Gasteiger partial charge is 0.481 e. The van der Waals surface area contributed by atoms with E-state index in [0.29, 0.717) is 23.4 Å². The maximum Gasteiger partial charge on any atom is 0.213 e. The van der Waals surface area contributed by atoms with Crippen LogP contribution < -0.4 is 10.1 Å². The van der Waals surface area contributed by atoms with Crippen molar-refractivity contribution in [1.82, 2.24) is 4.98 Å². The van der Waals surface area contributed by atoms with Gasteiger partial charge in [0.15, 0.2) is 0 Å². The number of nitrogens with one attached hydrogen (secondary N) is 1. The number of aliphatic hydroxyl groups excluding tert-OH is 4. The van der Waals surface area contributed by atoms with Crippen LogP contribution in [0.5, 0.6) is 5.88 Å². The number of benzene rings is 1. The maximum absolute atomic E-state index is 11.2. The minimum Gasteiger partial charge on any atom is -0.481 e. The molecule has 8 heteroatoms. The summed E-state index contributed by atoms with van der Waals surface area (Å²) in [5.41, 5.74) is 1.11. The van der Waals surface area contributed by atoms with Crippen molar-refractivity contribution in [3.05, 3.63) is 30.3 Å². The second kappa shape index (κ2) is 8.02. The Morgan fingerprint density at radius 1 is 1.21 bits per heavy atom. The molecule has 2 aromatic rings. The third-order valence-electron chi connectivity index (χ3n) is 3.65. The van der Waals surface area contributed by atoms with E-state index >= 15 is 0 Å². The fourth-order valence-electron chi connectivity index (χ4n) is 2.24. The van der Waals surface area contributed by atoms with Crippen LogP contribution in [0, 0.1) is 0 Å². The number of fused-ring (bicyclic) bond motifs is 1. The summed E-state index contributed by atoms with van der Waals surface area (Å²) < 4.78 is 5.06. The fourth-order valence-corrected chi connectivity index (χ4v) is 2.24. The van der Waals surface area contributed by atoms with Crippen molar-refractivity contribution in [1.29, 1.82) is 0 Å². The summed E-state index contributed by atoms with van der Waals surface area (Å²) in [5.74, 6) is 0.438. The Balaban J connectivity index is 2.21. The van der Waals surface area contributed by atoms with Crippen LogP contribution in [0.4, 0.5) is 5.69 Å². The summed E-state index contributed by atoms with van der Waals surface area (Å²) in [4.78, 5) is 15.5. The van der Waals surface area contributed by atoms with Crippen LogP contribution in [0.3, 0.4) is 0 Å². The number of nitrogens with zero attached hydrogens (tertiary/aromatic N) is 1. The molecule has 0 fully saturated rings. The lowest BCUT2D eigenvalue weighted by molar-refractivity contribution is -0.117. The summed E-state index contributed by atoms with van der Waals surface area (Å²) in [6.45, 7) is -0.733. The lowest BCUT2D eigenvalue weighted by atomic mass is 10.0. The molecule has 0 aliphatic rings. The third-order valence-corrected chi connectivity index (χ3v) is 3.65. The van der Waals surface area contributed by atoms with Crippen LogP contribution >= 0.6 is 0 Å². The number of anilines is 1. The summed E-state index contributed by atoms with van der Waals surface area (Å²) in [6.07, 6.45) is -4.40. The first kappa shape index (κ1) is 18.1. The first-order chi connectivity index (χ1) is 11.5. The number of carbonyl (C=O) groups is 1. The van der Waals surface area contributed by atoms with Crippen molar-refractivity contribution < 1.29 is 30.0 Å². The monoisotopic (exact) mass is 336 g/mol. The van der Waals surface area contributed by atoms with E-state index in [1.54, 1.807) is 24.3 Å². The minimum absolute atomic E-state index is 0.418. The molecule has 0 aliphatic carbocycles. The van der Waals surface area contributed by atoms with Gasteiger partial charge in [-0.05, 0) is 18.2 Å². The fraction of sp³-hybridized carbons (Fsp3) is 0.375. The van der Waals surface area contributed by atoms with E-state index in [2.05, 4.69) is 10.3 Å². The molecule has 5 N–H and O–H groups in total. The van der Waals surface area contributed by atoms with Gasteiger partial charge in [0.2, 0.25) is 5.88 Å². The molecule has 0 radical (unpaired) electrons. The summed E-state index contributed by atoms with van der Waals surface area (Å²) in [5, 5.41) is 41.5. The highest BCUT2D eigenvalue weighted by Crippen LogP contribution is 2.21. The molecular weight excluding hydrogens is 316 g/mol. The van der Waals surface area contributed by atoms with Crippen molar-refractivity contribution in [2.24, 2.45) is 0 Å². The van der Waals surface area contributed by atoms with Crippen LogP contribution in [0.2, 0.25) is 0 Å². The zero-order chi connectivity index (χ0) is 17.7. The number of hydrogen-bond acceptors (Lipinski definition) is 8. The van der Waals surface area contributed by atoms with Gasteiger partial charge in [-0.2, -0.15) is 0 Å². The second-order valence-corrected chi connectivity index (χ2v) is 5.30. The van der Waals surface area contributed by atoms with Gasteiger partial charge in [0.25, 0.3) is 0 Å². The number of methoxy groups -OCH3 is 1. The molecule has 4 atom stereocenters. The second-order valence-electron chi connectivity index (χ2n) is 5.30. The molecule has 1 aromatic heterocycles. The van der Waals surface area contributed by atoms with Crippen LogP contribution in [0.15, 0.2) is 30.3 Å². The summed E-state index contributed by atoms with van der Waals surface area (Å²) >= 11 is 0. The molecular formula is C16H20N2O6. The highest BCUT2D eigenvalue weighted by atomic mass is 16.5. The number of aromatic nitrogens is 1. The van der Waals surface area contributed by atoms with E-state index in [1.165, 1.54) is 7.11 Å². The van der Waals surface area contributed by atoms with E-state index in [4.69, 9.17) is 9.84 Å². The number of hydrogen-bond donors (Lipinski definition) is 5. The SMILES string of the molecule is COc1ccc2ccc(N[C@H](C=O)[C@H](O)[C@@H](O)[C@@H](O)CO)cc2n1. The Hall–Kier alpha value is -2.26. The summed E-state index contributed by atoms with van der Waals surface area (Å²) in [6, 6.07) is 7.50. The van der Waals surface area contributed by atoms with E-state index in [0.717, 1.165) is 5.39 Å². The van der Waals surface area contributed by atoms with Crippen LogP contribution in [0.25, 0.3) is 10.9 Å². The lowest BCUT2D eigenvalue weighted by Crippen LogP contribution is -2.49. The first-order valence-corrected chi connectivity index (χ1v) is 7.32. The van der Waals surface area contributed by atoms with Gasteiger partial charge in [0, 0.05) is 17.1 Å². The number of ether oxygens (including phenoxy) is 1. The average Bonchev–Trinajstić information content (AvgIpc) is 2.63. The molecule has 1 aromatic carbocycles. The Kier molecular flexibility index (Phi) is 6.04. The lowest BCUT2D eigenvalue weighted by Gasteiger charge is -2.26. The van der Waals surface area contributed by atoms with Gasteiger partial charge in [-0.3, -0.25) is 0 Å². The van der Waals surface area contributed by atoms with Gasteiger partial charge in [-0.15, -0.1) is 0 Å². The average molecular weight is 336 g/mol. The molecule has 1 heterocycles. The minimum atomic E-state index is -1.67. The highest BCUT2D eigenvalue weighted by molar-refractivity contribution is 5.83. The number of aldehydes is 1. The normalized spacial score (nSPS) is 16.2. The van der Waals surface area contributed by atoms with E-state index in [-0.39, 0.29) is 0 Å². The Morgan fingerprint density at radius 3 is 2.54 bits per heavy atom. The van der Waals surface area contributed by atoms with Gasteiger partial charge in [0.05, 0.1) is 19.2 Å². The van der Waals surface area contributed by atoms with Gasteiger partial charge in [0.1, 0.15) is 30.6 Å². The molecule has 0 saturated carbocycles. The van der Waals surface area contributed by atoms with Gasteiger partial charge in [-0.1, -0.05) is 6.07 Å². The molecule has 24 heavy (non-hydrogen) atoms. The van der Waals surface area contributed by atoms with E-state index < -0.39 is 31.0 Å². The van der Waals surface area contributed by atoms with Crippen molar-refractivity contribution in [2.75, 3.05) is 19.0 Å². The van der Waals surface area contributed by atoms with Crippen LogP contribution in [0.1, 0.15) is 0 Å². The van der Waals surface area contributed by atoms with Gasteiger partial charge in [-0.25, -0.2) is 4.98 Å². The molecule has 2 rings (SSSR count). The maximum atomic E-state index is 11.2. The molecule has 0 amide bonds. The first-order valence-electron chi connectivity index (χ1n) is 7.32. The van der Waals surface area contributed by atoms with Crippen LogP contribution in [-0.4, -0.2) is 69.8 Å². The third kappa shape index (κ3) is 3.98. The predicted molar refractivity (Wildman–Crippen MR) is 86.9 cm³/mol. The number of rotatable bonds is 8. The molecule has 0 unspecified atom stereocenters. The Labute approximate surface area is 138 Å². The standard InChI is InChI=1S/C16H20N2O6/c1-24-14-5-3-9-2-4-10(6-11(9)18-14)17-12(7-19)15(22)16(23)13(21)8-20/h2-7,12-13,15-17,20-23H,8H2,1H3/t12-,13+,15+,16+/m1/s1. The van der Waals surface area contributed by atoms with Gasteiger partial charge >= 0.3 is 0 Å². The Bertz CT molecular complexity index is 695. The zero-order valence-corrected chi connectivity index (χ0v) is 13.0. The number of pyridine rings is 1. The number of carbonyl (C=O) groups excluding carboxylic acids is 1. The quantitative estimate of drug-likeness (QED) is 0.400. The van der Waals surface area contributed by atoms with Crippen molar-refractivity contribution >= 4 is 22.9 Å².